The van der Waals surface area contributed by atoms with Crippen molar-refractivity contribution in [1.29, 1.82) is 0 Å². The van der Waals surface area contributed by atoms with Crippen molar-refractivity contribution in [2.75, 3.05) is 11.9 Å². The van der Waals surface area contributed by atoms with E-state index in [-0.39, 0.29) is 22.5 Å². The number of aromatic nitrogens is 2. The van der Waals surface area contributed by atoms with Crippen molar-refractivity contribution in [2.45, 2.75) is 12.4 Å². The molecule has 0 saturated heterocycles. The van der Waals surface area contributed by atoms with Gasteiger partial charge in [0, 0.05) is 23.9 Å². The van der Waals surface area contributed by atoms with Crippen molar-refractivity contribution in [3.63, 3.8) is 0 Å². The van der Waals surface area contributed by atoms with Gasteiger partial charge < -0.3 is 10.0 Å². The van der Waals surface area contributed by atoms with Crippen LogP contribution < -0.4 is 4.90 Å². The molecule has 3 aromatic rings. The number of rotatable bonds is 3. The van der Waals surface area contributed by atoms with E-state index in [1.165, 1.54) is 25.2 Å². The van der Waals surface area contributed by atoms with Crippen LogP contribution in [-0.2, 0) is 12.4 Å². The Kier molecular flexibility index (Phi) is 5.66. The molecule has 0 atom stereocenters. The number of phenolic OH excluding ortho intramolecular Hbond substituents is 1. The second kappa shape index (κ2) is 7.80. The maximum absolute atomic E-state index is 13.1. The lowest BCUT2D eigenvalue weighted by Crippen LogP contribution is -2.26. The van der Waals surface area contributed by atoms with E-state index in [2.05, 4.69) is 10.2 Å². The molecule has 3 rings (SSSR count). The second-order valence-corrected chi connectivity index (χ2v) is 6.83. The minimum Gasteiger partial charge on any atom is -0.507 e. The molecule has 164 valence electrons. The number of hydrogen-bond donors (Lipinski definition) is 2. The van der Waals surface area contributed by atoms with Gasteiger partial charge in [0.15, 0.2) is 5.69 Å². The Hall–Kier alpha value is -3.21. The number of hydrogen-bond acceptors (Lipinski definition) is 3. The van der Waals surface area contributed by atoms with Crippen molar-refractivity contribution >= 4 is 23.2 Å². The minimum absolute atomic E-state index is 0.0481. The van der Waals surface area contributed by atoms with Crippen molar-refractivity contribution in [3.8, 4) is 17.0 Å². The van der Waals surface area contributed by atoms with Crippen LogP contribution >= 0.6 is 11.6 Å². The van der Waals surface area contributed by atoms with Crippen LogP contribution in [0.2, 0.25) is 5.02 Å². The first kappa shape index (κ1) is 22.5. The van der Waals surface area contributed by atoms with Crippen LogP contribution in [0, 0.1) is 0 Å². The van der Waals surface area contributed by atoms with Gasteiger partial charge in [0.2, 0.25) is 0 Å². The minimum atomic E-state index is -4.73. The summed E-state index contributed by atoms with van der Waals surface area (Å²) in [5.74, 6) is -1.29. The number of nitrogens with one attached hydrogen (secondary N) is 1. The van der Waals surface area contributed by atoms with Crippen molar-refractivity contribution < 1.29 is 36.2 Å². The van der Waals surface area contributed by atoms with Crippen LogP contribution in [0.4, 0.5) is 32.0 Å². The summed E-state index contributed by atoms with van der Waals surface area (Å²) in [6, 6.07) is 7.00. The predicted octanol–water partition coefficient (Wildman–Crippen LogP) is 5.75. The van der Waals surface area contributed by atoms with Gasteiger partial charge in [-0.05, 0) is 42.5 Å². The maximum atomic E-state index is 13.1. The molecule has 12 heteroatoms. The van der Waals surface area contributed by atoms with Gasteiger partial charge in [-0.3, -0.25) is 9.89 Å². The first-order chi connectivity index (χ1) is 14.3. The van der Waals surface area contributed by atoms with Crippen molar-refractivity contribution in [3.05, 3.63) is 64.3 Å². The molecule has 0 aliphatic heterocycles. The summed E-state index contributed by atoms with van der Waals surface area (Å²) >= 11 is 5.57. The summed E-state index contributed by atoms with van der Waals surface area (Å²) in [5.41, 5.74) is -2.71. The zero-order valence-corrected chi connectivity index (χ0v) is 16.2. The number of benzene rings is 2. The largest absolute Gasteiger partial charge is 0.507 e. The van der Waals surface area contributed by atoms with Gasteiger partial charge in [-0.15, -0.1) is 0 Å². The highest BCUT2D eigenvalue weighted by Crippen LogP contribution is 2.37. The molecule has 1 amide bonds. The van der Waals surface area contributed by atoms with Gasteiger partial charge >= 0.3 is 12.4 Å². The van der Waals surface area contributed by atoms with E-state index in [0.717, 1.165) is 17.0 Å². The van der Waals surface area contributed by atoms with Crippen molar-refractivity contribution in [2.24, 2.45) is 0 Å². The molecule has 0 spiro atoms. The van der Waals surface area contributed by atoms with E-state index in [0.29, 0.717) is 12.1 Å². The van der Waals surface area contributed by atoms with Gasteiger partial charge in [0.1, 0.15) is 5.75 Å². The number of amides is 1. The van der Waals surface area contributed by atoms with Crippen LogP contribution in [-0.4, -0.2) is 28.3 Å². The molecule has 0 fully saturated rings. The third kappa shape index (κ3) is 4.61. The third-order valence-corrected chi connectivity index (χ3v) is 4.68. The molecule has 0 saturated carbocycles. The Balaban J connectivity index is 1.89. The zero-order valence-electron chi connectivity index (χ0n) is 15.4. The second-order valence-electron chi connectivity index (χ2n) is 6.42. The Labute approximate surface area is 175 Å². The molecule has 1 aromatic heterocycles. The number of H-pyrrole nitrogens is 1. The van der Waals surface area contributed by atoms with Crippen LogP contribution in [0.5, 0.6) is 5.75 Å². The van der Waals surface area contributed by atoms with Gasteiger partial charge in [-0.25, -0.2) is 0 Å². The summed E-state index contributed by atoms with van der Waals surface area (Å²) in [5, 5.41) is 14.9. The summed E-state index contributed by atoms with van der Waals surface area (Å²) in [4.78, 5) is 13.6. The number of aromatic amines is 1. The summed E-state index contributed by atoms with van der Waals surface area (Å²) < 4.78 is 77.2. The molecule has 0 radical (unpaired) electrons. The first-order valence-corrected chi connectivity index (χ1v) is 8.77. The molecule has 1 heterocycles. The fourth-order valence-corrected chi connectivity index (χ4v) is 2.97. The van der Waals surface area contributed by atoms with Gasteiger partial charge in [0.25, 0.3) is 5.91 Å². The lowest BCUT2D eigenvalue weighted by atomic mass is 10.1. The molecule has 0 aliphatic rings. The number of halogens is 7. The highest BCUT2D eigenvalue weighted by Gasteiger charge is 2.35. The topological polar surface area (TPSA) is 69.2 Å². The summed E-state index contributed by atoms with van der Waals surface area (Å²) in [6.45, 7) is 0. The van der Waals surface area contributed by atoms with Crippen LogP contribution in [0.25, 0.3) is 11.3 Å². The van der Waals surface area contributed by atoms with E-state index in [1.54, 1.807) is 0 Å². The first-order valence-electron chi connectivity index (χ1n) is 8.40. The molecule has 2 aromatic carbocycles. The van der Waals surface area contributed by atoms with Gasteiger partial charge in [0.05, 0.1) is 16.3 Å². The number of aromatic hydroxyl groups is 1. The highest BCUT2D eigenvalue weighted by atomic mass is 35.5. The summed E-state index contributed by atoms with van der Waals surface area (Å²) in [7, 11) is 1.22. The Morgan fingerprint density at radius 1 is 1.03 bits per heavy atom. The number of carbonyl (C=O) groups is 1. The monoisotopic (exact) mass is 463 g/mol. The third-order valence-electron chi connectivity index (χ3n) is 4.35. The maximum Gasteiger partial charge on any atom is 0.435 e. The van der Waals surface area contributed by atoms with E-state index in [9.17, 15) is 36.2 Å². The van der Waals surface area contributed by atoms with E-state index in [1.807, 2.05) is 0 Å². The quantitative estimate of drug-likeness (QED) is 0.486. The highest BCUT2D eigenvalue weighted by molar-refractivity contribution is 6.31. The molecule has 31 heavy (non-hydrogen) atoms. The predicted molar refractivity (Wildman–Crippen MR) is 99.9 cm³/mol. The number of alkyl halides is 6. The molecule has 0 aliphatic carbocycles. The number of nitrogens with zero attached hydrogens (tertiary/aromatic N) is 2. The fraction of sp³-hybridized carbons (Fsp3) is 0.158. The standard InChI is InChI=1S/C19H12ClF6N3O2/c1-29(10-3-5-13(20)12(7-10)18(21,22)23)17(31)9-2-4-11(15(30)6-9)14-8-16(28-27-14)19(24,25)26/h2-8,30H,1H3,(H,27,28). The Morgan fingerprint density at radius 3 is 2.26 bits per heavy atom. The average molecular weight is 464 g/mol. The van der Waals surface area contributed by atoms with Crippen LogP contribution in [0.15, 0.2) is 42.5 Å². The smallest absolute Gasteiger partial charge is 0.435 e. The molecule has 0 unspecified atom stereocenters. The zero-order chi connectivity index (χ0) is 23.1. The van der Waals surface area contributed by atoms with E-state index >= 15 is 0 Å². The Bertz CT molecular complexity index is 1140. The van der Waals surface area contributed by atoms with Crippen LogP contribution in [0.1, 0.15) is 21.6 Å². The van der Waals surface area contributed by atoms with Crippen molar-refractivity contribution in [1.82, 2.24) is 10.2 Å². The van der Waals surface area contributed by atoms with Gasteiger partial charge in [-0.2, -0.15) is 31.4 Å². The summed E-state index contributed by atoms with van der Waals surface area (Å²) in [6.07, 6.45) is -9.41. The molecule has 5 nitrogen and oxygen atoms in total. The Morgan fingerprint density at radius 2 is 1.71 bits per heavy atom. The SMILES string of the molecule is CN(C(=O)c1ccc(-c2cc(C(F)(F)F)n[nH]2)c(O)c1)c1ccc(Cl)c(C(F)(F)F)c1. The van der Waals surface area contributed by atoms with E-state index in [4.69, 9.17) is 11.6 Å². The number of anilines is 1. The average Bonchev–Trinajstić information content (AvgIpc) is 3.16. The molecular formula is C19H12ClF6N3O2. The number of phenols is 1. The van der Waals surface area contributed by atoms with Crippen LogP contribution in [0.3, 0.4) is 0 Å². The molecule has 2 N–H and O–H groups in total. The normalized spacial score (nSPS) is 12.1. The van der Waals surface area contributed by atoms with Gasteiger partial charge in [-0.1, -0.05) is 11.6 Å². The van der Waals surface area contributed by atoms with E-state index < -0.39 is 40.3 Å². The molecule has 0 bridgehead atoms. The lowest BCUT2D eigenvalue weighted by molar-refractivity contribution is -0.141. The fourth-order valence-electron chi connectivity index (χ4n) is 2.75. The lowest BCUT2D eigenvalue weighted by Gasteiger charge is -2.20. The molecular weight excluding hydrogens is 452 g/mol. The number of carbonyl (C=O) groups excluding carboxylic acids is 1.